The van der Waals surface area contributed by atoms with Crippen LogP contribution in [0.1, 0.15) is 11.1 Å². The number of aryl methyl sites for hydroxylation is 1. The van der Waals surface area contributed by atoms with Crippen LogP contribution in [-0.2, 0) is 0 Å². The first-order valence-corrected chi connectivity index (χ1v) is 7.28. The fourth-order valence-electron chi connectivity index (χ4n) is 1.95. The fourth-order valence-corrected chi connectivity index (χ4v) is 3.24. The second-order valence-electron chi connectivity index (χ2n) is 4.06. The van der Waals surface area contributed by atoms with Crippen molar-refractivity contribution in [1.82, 2.24) is 9.36 Å². The molecule has 0 saturated carbocycles. The van der Waals surface area contributed by atoms with E-state index >= 15 is 0 Å². The molecule has 1 aromatic carbocycles. The predicted molar refractivity (Wildman–Crippen MR) is 79.3 cm³/mol. The highest BCUT2D eigenvalue weighted by Crippen LogP contribution is 2.31. The van der Waals surface area contributed by atoms with Crippen molar-refractivity contribution in [3.63, 3.8) is 0 Å². The molecule has 19 heavy (non-hydrogen) atoms. The Morgan fingerprint density at radius 3 is 3.11 bits per heavy atom. The van der Waals surface area contributed by atoms with Crippen LogP contribution in [0.2, 0.25) is 0 Å². The highest BCUT2D eigenvalue weighted by atomic mass is 32.2. The molecule has 2 aromatic heterocycles. The first kappa shape index (κ1) is 12.1. The molecule has 0 amide bonds. The number of nitrogens with one attached hydrogen (secondary N) is 2. The zero-order chi connectivity index (χ0) is 13.2. The smallest absolute Gasteiger partial charge is 0.101 e. The summed E-state index contributed by atoms with van der Waals surface area (Å²) in [5.41, 5.74) is 3.71. The van der Waals surface area contributed by atoms with Gasteiger partial charge in [0.05, 0.1) is 27.9 Å². The number of hydrogen-bond acceptors (Lipinski definition) is 5. The summed E-state index contributed by atoms with van der Waals surface area (Å²) in [6, 6.07) is 6.25. The molecule has 94 valence electrons. The number of aromatic amines is 1. The number of aromatic nitrogens is 2. The standard InChI is InChI=1S/C13H10N4S2/c1-8-2-3-11(17-19-10-6-16-18-7-10)13-12(8)9(4-14)5-15-13/h2-3,5-7,15,17H,1H3. The largest absolute Gasteiger partial charge is 0.358 e. The highest BCUT2D eigenvalue weighted by molar-refractivity contribution is 8.00. The van der Waals surface area contributed by atoms with Gasteiger partial charge in [-0.2, -0.15) is 9.64 Å². The molecule has 2 N–H and O–H groups in total. The van der Waals surface area contributed by atoms with Crippen LogP contribution in [0.3, 0.4) is 0 Å². The lowest BCUT2D eigenvalue weighted by atomic mass is 10.1. The Morgan fingerprint density at radius 1 is 1.47 bits per heavy atom. The minimum Gasteiger partial charge on any atom is -0.358 e. The Hall–Kier alpha value is -1.97. The molecule has 3 aromatic rings. The van der Waals surface area contributed by atoms with Crippen LogP contribution in [0, 0.1) is 18.3 Å². The van der Waals surface area contributed by atoms with E-state index in [1.54, 1.807) is 6.20 Å². The molecule has 0 aliphatic carbocycles. The molecular weight excluding hydrogens is 276 g/mol. The fraction of sp³-hybridized carbons (Fsp3) is 0.0769. The number of anilines is 1. The van der Waals surface area contributed by atoms with Crippen molar-refractivity contribution in [2.75, 3.05) is 4.72 Å². The van der Waals surface area contributed by atoms with Gasteiger partial charge < -0.3 is 9.71 Å². The van der Waals surface area contributed by atoms with Crippen LogP contribution in [0.25, 0.3) is 10.9 Å². The SMILES string of the molecule is Cc1ccc(NSc2cnsc2)c2[nH]cc(C#N)c12. The van der Waals surface area contributed by atoms with Crippen LogP contribution in [-0.4, -0.2) is 9.36 Å². The van der Waals surface area contributed by atoms with Gasteiger partial charge in [-0.05, 0) is 42.0 Å². The lowest BCUT2D eigenvalue weighted by Gasteiger charge is -2.07. The minimum absolute atomic E-state index is 0.679. The van der Waals surface area contributed by atoms with Gasteiger partial charge in [-0.1, -0.05) is 6.07 Å². The predicted octanol–water partition coefficient (Wildman–Crippen LogP) is 3.92. The second kappa shape index (κ2) is 4.96. The molecule has 2 heterocycles. The van der Waals surface area contributed by atoms with E-state index in [0.717, 1.165) is 27.0 Å². The summed E-state index contributed by atoms with van der Waals surface area (Å²) in [4.78, 5) is 4.24. The van der Waals surface area contributed by atoms with Gasteiger partial charge in [0.1, 0.15) is 6.07 Å². The summed E-state index contributed by atoms with van der Waals surface area (Å²) < 4.78 is 7.36. The van der Waals surface area contributed by atoms with E-state index in [2.05, 4.69) is 20.1 Å². The van der Waals surface area contributed by atoms with Gasteiger partial charge in [0.25, 0.3) is 0 Å². The quantitative estimate of drug-likeness (QED) is 0.716. The van der Waals surface area contributed by atoms with Crippen LogP contribution in [0.4, 0.5) is 5.69 Å². The van der Waals surface area contributed by atoms with Crippen molar-refractivity contribution < 1.29 is 0 Å². The van der Waals surface area contributed by atoms with Gasteiger partial charge in [-0.3, -0.25) is 0 Å². The number of benzene rings is 1. The number of H-pyrrole nitrogens is 1. The molecule has 0 fully saturated rings. The van der Waals surface area contributed by atoms with E-state index in [9.17, 15) is 0 Å². The summed E-state index contributed by atoms with van der Waals surface area (Å²) >= 11 is 2.94. The Balaban J connectivity index is 1.98. The lowest BCUT2D eigenvalue weighted by molar-refractivity contribution is 1.44. The van der Waals surface area contributed by atoms with E-state index in [1.165, 1.54) is 23.5 Å². The maximum absolute atomic E-state index is 9.12. The zero-order valence-corrected chi connectivity index (χ0v) is 11.7. The third kappa shape index (κ3) is 2.18. The van der Waals surface area contributed by atoms with Crippen molar-refractivity contribution >= 4 is 40.1 Å². The number of nitrogens with zero attached hydrogens (tertiary/aromatic N) is 2. The Kier molecular flexibility index (Phi) is 3.15. The maximum atomic E-state index is 9.12. The first-order chi connectivity index (χ1) is 9.29. The topological polar surface area (TPSA) is 64.5 Å². The van der Waals surface area contributed by atoms with Gasteiger partial charge in [-0.15, -0.1) is 0 Å². The van der Waals surface area contributed by atoms with E-state index in [1.807, 2.05) is 30.6 Å². The van der Waals surface area contributed by atoms with Crippen molar-refractivity contribution in [3.8, 4) is 6.07 Å². The average Bonchev–Trinajstić information content (AvgIpc) is 3.07. The van der Waals surface area contributed by atoms with Crippen molar-refractivity contribution in [1.29, 1.82) is 5.26 Å². The molecule has 6 heteroatoms. The number of rotatable bonds is 3. The Morgan fingerprint density at radius 2 is 2.37 bits per heavy atom. The summed E-state index contributed by atoms with van der Waals surface area (Å²) in [6.07, 6.45) is 3.57. The first-order valence-electron chi connectivity index (χ1n) is 5.62. The molecule has 0 bridgehead atoms. The molecule has 4 nitrogen and oxygen atoms in total. The number of hydrogen-bond donors (Lipinski definition) is 2. The summed E-state index contributed by atoms with van der Waals surface area (Å²) in [5, 5.41) is 12.1. The minimum atomic E-state index is 0.679. The van der Waals surface area contributed by atoms with Crippen LogP contribution in [0.15, 0.2) is 34.8 Å². The van der Waals surface area contributed by atoms with E-state index in [-0.39, 0.29) is 0 Å². The van der Waals surface area contributed by atoms with Gasteiger partial charge in [0.2, 0.25) is 0 Å². The molecule has 0 saturated heterocycles. The molecule has 0 aliphatic heterocycles. The molecule has 0 atom stereocenters. The molecule has 0 spiro atoms. The van der Waals surface area contributed by atoms with Gasteiger partial charge in [-0.25, -0.2) is 0 Å². The Bertz CT molecular complexity index is 753. The van der Waals surface area contributed by atoms with Crippen molar-refractivity contribution in [2.24, 2.45) is 0 Å². The molecule has 0 radical (unpaired) electrons. The van der Waals surface area contributed by atoms with Crippen LogP contribution >= 0.6 is 23.5 Å². The summed E-state index contributed by atoms with van der Waals surface area (Å²) in [7, 11) is 0. The number of fused-ring (bicyclic) bond motifs is 1. The van der Waals surface area contributed by atoms with Gasteiger partial charge >= 0.3 is 0 Å². The second-order valence-corrected chi connectivity index (χ2v) is 5.60. The zero-order valence-electron chi connectivity index (χ0n) is 10.1. The molecule has 3 rings (SSSR count). The van der Waals surface area contributed by atoms with Crippen LogP contribution < -0.4 is 4.72 Å². The normalized spacial score (nSPS) is 10.5. The molecule has 0 unspecified atom stereocenters. The monoisotopic (exact) mass is 286 g/mol. The lowest BCUT2D eigenvalue weighted by Crippen LogP contribution is -1.89. The van der Waals surface area contributed by atoms with Crippen molar-refractivity contribution in [2.45, 2.75) is 11.8 Å². The van der Waals surface area contributed by atoms with Crippen LogP contribution in [0.5, 0.6) is 0 Å². The number of nitriles is 1. The molecule has 0 aliphatic rings. The van der Waals surface area contributed by atoms with E-state index in [0.29, 0.717) is 5.56 Å². The third-order valence-corrected chi connectivity index (χ3v) is 4.37. The summed E-state index contributed by atoms with van der Waals surface area (Å²) in [6.45, 7) is 2.01. The Labute approximate surface area is 118 Å². The maximum Gasteiger partial charge on any atom is 0.101 e. The van der Waals surface area contributed by atoms with E-state index in [4.69, 9.17) is 5.26 Å². The van der Waals surface area contributed by atoms with Crippen molar-refractivity contribution in [3.05, 3.63) is 41.0 Å². The highest BCUT2D eigenvalue weighted by Gasteiger charge is 2.10. The molecular formula is C13H10N4S2. The average molecular weight is 286 g/mol. The third-order valence-electron chi connectivity index (χ3n) is 2.85. The summed E-state index contributed by atoms with van der Waals surface area (Å²) in [5.74, 6) is 0. The van der Waals surface area contributed by atoms with Gasteiger partial charge in [0, 0.05) is 17.0 Å². The van der Waals surface area contributed by atoms with E-state index < -0.39 is 0 Å². The van der Waals surface area contributed by atoms with Gasteiger partial charge in [0.15, 0.2) is 0 Å².